The Labute approximate surface area is 87.3 Å². The average molecular weight is 194 g/mol. The number of Topliss-reactive ketones (excluding diaryl/α,β-unsaturated/α-hetero) is 1. The molecule has 0 spiro atoms. The highest BCUT2D eigenvalue weighted by molar-refractivity contribution is 5.84. The van der Waals surface area contributed by atoms with Gasteiger partial charge in [0.15, 0.2) is 0 Å². The molecular formula is C13H22O. The van der Waals surface area contributed by atoms with Crippen molar-refractivity contribution in [2.45, 2.75) is 58.8 Å². The van der Waals surface area contributed by atoms with E-state index >= 15 is 0 Å². The zero-order valence-electron chi connectivity index (χ0n) is 9.51. The molecule has 14 heavy (non-hydrogen) atoms. The zero-order valence-corrected chi connectivity index (χ0v) is 9.51. The van der Waals surface area contributed by atoms with Crippen molar-refractivity contribution < 1.29 is 4.79 Å². The molecule has 0 radical (unpaired) electrons. The van der Waals surface area contributed by atoms with Crippen molar-refractivity contribution in [2.24, 2.45) is 17.3 Å². The Morgan fingerprint density at radius 1 is 1.07 bits per heavy atom. The molecule has 0 unspecified atom stereocenters. The van der Waals surface area contributed by atoms with Crippen LogP contribution in [-0.2, 0) is 4.79 Å². The molecule has 0 aliphatic heterocycles. The standard InChI is InChI=1S/C13H22O/c1-13(2)9-12(14)10-7-5-3-4-6-8-11(10)13/h10-11H,3-9H2,1-2H3/t10-,11+/m1/s1. The van der Waals surface area contributed by atoms with Crippen LogP contribution in [0.3, 0.4) is 0 Å². The average Bonchev–Trinajstić information content (AvgIpc) is 2.19. The Morgan fingerprint density at radius 3 is 2.43 bits per heavy atom. The minimum atomic E-state index is 0.291. The van der Waals surface area contributed by atoms with E-state index in [-0.39, 0.29) is 0 Å². The maximum absolute atomic E-state index is 11.9. The van der Waals surface area contributed by atoms with Crippen LogP contribution in [0.1, 0.15) is 58.8 Å². The summed E-state index contributed by atoms with van der Waals surface area (Å²) >= 11 is 0. The minimum absolute atomic E-state index is 0.291. The summed E-state index contributed by atoms with van der Waals surface area (Å²) in [6.45, 7) is 4.58. The fourth-order valence-corrected chi connectivity index (χ4v) is 3.52. The van der Waals surface area contributed by atoms with Crippen LogP contribution in [0.4, 0.5) is 0 Å². The topological polar surface area (TPSA) is 17.1 Å². The van der Waals surface area contributed by atoms with Gasteiger partial charge >= 0.3 is 0 Å². The lowest BCUT2D eigenvalue weighted by molar-refractivity contribution is -0.121. The van der Waals surface area contributed by atoms with Crippen LogP contribution >= 0.6 is 0 Å². The smallest absolute Gasteiger partial charge is 0.136 e. The molecule has 2 aliphatic rings. The van der Waals surface area contributed by atoms with E-state index in [0.717, 1.165) is 6.42 Å². The first-order valence-electron chi connectivity index (χ1n) is 6.14. The second-order valence-electron chi connectivity index (χ2n) is 5.84. The first kappa shape index (κ1) is 10.2. The monoisotopic (exact) mass is 194 g/mol. The molecule has 2 aliphatic carbocycles. The Morgan fingerprint density at radius 2 is 1.71 bits per heavy atom. The highest BCUT2D eigenvalue weighted by Gasteiger charge is 2.46. The van der Waals surface area contributed by atoms with Crippen molar-refractivity contribution in [3.8, 4) is 0 Å². The molecule has 1 nitrogen and oxygen atoms in total. The Balaban J connectivity index is 2.15. The van der Waals surface area contributed by atoms with Crippen LogP contribution in [0.2, 0.25) is 0 Å². The zero-order chi connectivity index (χ0) is 10.2. The second-order valence-corrected chi connectivity index (χ2v) is 5.84. The van der Waals surface area contributed by atoms with Crippen LogP contribution in [0.25, 0.3) is 0 Å². The molecule has 0 bridgehead atoms. The lowest BCUT2D eigenvalue weighted by Gasteiger charge is -2.31. The van der Waals surface area contributed by atoms with Crippen molar-refractivity contribution in [3.05, 3.63) is 0 Å². The molecule has 0 saturated heterocycles. The van der Waals surface area contributed by atoms with Gasteiger partial charge < -0.3 is 0 Å². The van der Waals surface area contributed by atoms with Crippen LogP contribution in [0, 0.1) is 17.3 Å². The number of carbonyl (C=O) groups excluding carboxylic acids is 1. The number of rotatable bonds is 0. The third-order valence-electron chi connectivity index (χ3n) is 4.31. The van der Waals surface area contributed by atoms with Gasteiger partial charge in [-0.25, -0.2) is 0 Å². The normalized spacial score (nSPS) is 37.4. The van der Waals surface area contributed by atoms with Crippen molar-refractivity contribution >= 4 is 5.78 Å². The van der Waals surface area contributed by atoms with Crippen LogP contribution in [0.15, 0.2) is 0 Å². The van der Waals surface area contributed by atoms with E-state index in [2.05, 4.69) is 13.8 Å². The summed E-state index contributed by atoms with van der Waals surface area (Å²) in [6, 6.07) is 0. The quantitative estimate of drug-likeness (QED) is 0.576. The summed E-state index contributed by atoms with van der Waals surface area (Å²) in [5, 5.41) is 0. The number of ketones is 1. The first-order chi connectivity index (χ1) is 6.61. The SMILES string of the molecule is CC1(C)CC(=O)[C@@H]2CCCCCC[C@@H]21. The lowest BCUT2D eigenvalue weighted by atomic mass is 9.73. The van der Waals surface area contributed by atoms with Gasteiger partial charge in [0.2, 0.25) is 0 Å². The van der Waals surface area contributed by atoms with E-state index < -0.39 is 0 Å². The lowest BCUT2D eigenvalue weighted by Crippen LogP contribution is -2.24. The Kier molecular flexibility index (Phi) is 2.68. The van der Waals surface area contributed by atoms with Crippen LogP contribution in [-0.4, -0.2) is 5.78 Å². The first-order valence-corrected chi connectivity index (χ1v) is 6.14. The van der Waals surface area contributed by atoms with Crippen molar-refractivity contribution in [3.63, 3.8) is 0 Å². The van der Waals surface area contributed by atoms with Crippen molar-refractivity contribution in [1.29, 1.82) is 0 Å². The predicted octanol–water partition coefficient (Wildman–Crippen LogP) is 3.57. The number of hydrogen-bond acceptors (Lipinski definition) is 1. The summed E-state index contributed by atoms with van der Waals surface area (Å²) in [6.07, 6.45) is 8.66. The van der Waals surface area contributed by atoms with E-state index in [4.69, 9.17) is 0 Å². The van der Waals surface area contributed by atoms with Gasteiger partial charge in [0, 0.05) is 12.3 Å². The van der Waals surface area contributed by atoms with Crippen molar-refractivity contribution in [2.75, 3.05) is 0 Å². The molecule has 0 aromatic heterocycles. The third kappa shape index (κ3) is 1.74. The number of hydrogen-bond donors (Lipinski definition) is 0. The molecule has 2 rings (SSSR count). The Bertz CT molecular complexity index is 229. The second kappa shape index (κ2) is 3.67. The highest BCUT2D eigenvalue weighted by atomic mass is 16.1. The minimum Gasteiger partial charge on any atom is -0.299 e. The van der Waals surface area contributed by atoms with Gasteiger partial charge in [-0.2, -0.15) is 0 Å². The van der Waals surface area contributed by atoms with Gasteiger partial charge in [-0.3, -0.25) is 4.79 Å². The maximum atomic E-state index is 11.9. The van der Waals surface area contributed by atoms with E-state index in [0.29, 0.717) is 23.0 Å². The van der Waals surface area contributed by atoms with Crippen LogP contribution < -0.4 is 0 Å². The third-order valence-corrected chi connectivity index (χ3v) is 4.31. The fraction of sp³-hybridized carbons (Fsp3) is 0.923. The molecule has 0 aromatic rings. The number of carbonyl (C=O) groups is 1. The molecule has 1 heteroatoms. The largest absolute Gasteiger partial charge is 0.299 e. The van der Waals surface area contributed by atoms with Gasteiger partial charge in [0.05, 0.1) is 0 Å². The van der Waals surface area contributed by atoms with E-state index in [1.54, 1.807) is 0 Å². The van der Waals surface area contributed by atoms with Gasteiger partial charge in [0.1, 0.15) is 5.78 Å². The maximum Gasteiger partial charge on any atom is 0.136 e. The van der Waals surface area contributed by atoms with Gasteiger partial charge in [-0.15, -0.1) is 0 Å². The highest BCUT2D eigenvalue weighted by Crippen LogP contribution is 2.49. The molecule has 2 atom stereocenters. The molecule has 80 valence electrons. The molecule has 0 heterocycles. The molecule has 0 N–H and O–H groups in total. The molecule has 0 aromatic carbocycles. The summed E-state index contributed by atoms with van der Waals surface area (Å²) in [7, 11) is 0. The predicted molar refractivity (Wildman–Crippen MR) is 58.1 cm³/mol. The summed E-state index contributed by atoms with van der Waals surface area (Å²) in [5.74, 6) is 1.67. The van der Waals surface area contributed by atoms with E-state index in [1.807, 2.05) is 0 Å². The summed E-state index contributed by atoms with van der Waals surface area (Å²) in [4.78, 5) is 11.9. The van der Waals surface area contributed by atoms with Gasteiger partial charge in [0.25, 0.3) is 0 Å². The summed E-state index contributed by atoms with van der Waals surface area (Å²) in [5.41, 5.74) is 0.291. The van der Waals surface area contributed by atoms with Gasteiger partial charge in [-0.05, 0) is 24.2 Å². The van der Waals surface area contributed by atoms with Crippen LogP contribution in [0.5, 0.6) is 0 Å². The summed E-state index contributed by atoms with van der Waals surface area (Å²) < 4.78 is 0. The molecule has 2 saturated carbocycles. The van der Waals surface area contributed by atoms with Crippen molar-refractivity contribution in [1.82, 2.24) is 0 Å². The van der Waals surface area contributed by atoms with E-state index in [9.17, 15) is 4.79 Å². The molecule has 2 fully saturated rings. The molecular weight excluding hydrogens is 172 g/mol. The Hall–Kier alpha value is -0.330. The fourth-order valence-electron chi connectivity index (χ4n) is 3.52. The van der Waals surface area contributed by atoms with Gasteiger partial charge in [-0.1, -0.05) is 39.5 Å². The van der Waals surface area contributed by atoms with E-state index in [1.165, 1.54) is 38.5 Å². The number of fused-ring (bicyclic) bond motifs is 1. The molecule has 0 amide bonds.